The minimum absolute atomic E-state index is 0.240. The summed E-state index contributed by atoms with van der Waals surface area (Å²) < 4.78 is 45.6. The Kier molecular flexibility index (Phi) is 5.32. The molecule has 1 N–H and O–H groups in total. The largest absolute Gasteiger partial charge is 0.501 e. The predicted octanol–water partition coefficient (Wildman–Crippen LogP) is 4.81. The molecule has 0 saturated carbocycles. The number of alkyl halides is 3. The van der Waals surface area contributed by atoms with Crippen LogP contribution in [-0.2, 0) is 10.9 Å². The summed E-state index contributed by atoms with van der Waals surface area (Å²) in [5.74, 6) is 0. The molecule has 6 heteroatoms. The molecule has 0 radical (unpaired) electrons. The van der Waals surface area contributed by atoms with Crippen LogP contribution in [0.15, 0.2) is 34.5 Å². The smallest absolute Gasteiger partial charge is 0.416 e. The number of nitrogens with one attached hydrogen (secondary N) is 1. The first-order chi connectivity index (χ1) is 9.93. The molecule has 1 aromatic rings. The van der Waals surface area contributed by atoms with Gasteiger partial charge in [-0.3, -0.25) is 0 Å². The maximum absolute atomic E-state index is 13.3. The second-order valence-electron chi connectivity index (χ2n) is 4.89. The fourth-order valence-electron chi connectivity index (χ4n) is 2.47. The van der Waals surface area contributed by atoms with Crippen LogP contribution < -0.4 is 5.32 Å². The van der Waals surface area contributed by atoms with Crippen LogP contribution >= 0.6 is 15.9 Å². The van der Waals surface area contributed by atoms with Crippen LogP contribution in [0.3, 0.4) is 0 Å². The number of benzene rings is 1. The van der Waals surface area contributed by atoms with Gasteiger partial charge in [-0.1, -0.05) is 28.9 Å². The van der Waals surface area contributed by atoms with Gasteiger partial charge >= 0.3 is 6.18 Å². The van der Waals surface area contributed by atoms with Gasteiger partial charge in [0, 0.05) is 4.47 Å². The number of rotatable bonds is 4. The zero-order valence-corrected chi connectivity index (χ0v) is 13.2. The first-order valence-corrected chi connectivity index (χ1v) is 7.63. The molecule has 0 bridgehead atoms. The summed E-state index contributed by atoms with van der Waals surface area (Å²) in [7, 11) is 0. The Morgan fingerprint density at radius 2 is 2.14 bits per heavy atom. The lowest BCUT2D eigenvalue weighted by Gasteiger charge is -2.27. The summed E-state index contributed by atoms with van der Waals surface area (Å²) in [6.45, 7) is 3.08. The SMILES string of the molecule is CCNC(C1=COCCC1)c1ccc(Br)cc1C(F)(F)F. The average molecular weight is 364 g/mol. The second-order valence-corrected chi connectivity index (χ2v) is 5.80. The van der Waals surface area contributed by atoms with E-state index in [0.717, 1.165) is 24.5 Å². The Bertz CT molecular complexity index is 528. The molecule has 1 aliphatic rings. The van der Waals surface area contributed by atoms with Gasteiger partial charge in [0.05, 0.1) is 24.5 Å². The molecule has 1 atom stereocenters. The molecule has 1 aliphatic heterocycles. The fourth-order valence-corrected chi connectivity index (χ4v) is 2.83. The van der Waals surface area contributed by atoms with Crippen molar-refractivity contribution < 1.29 is 17.9 Å². The summed E-state index contributed by atoms with van der Waals surface area (Å²) in [4.78, 5) is 0. The van der Waals surface area contributed by atoms with E-state index in [9.17, 15) is 13.2 Å². The number of halogens is 4. The highest BCUT2D eigenvalue weighted by atomic mass is 79.9. The van der Waals surface area contributed by atoms with Gasteiger partial charge in [-0.05, 0) is 42.7 Å². The molecular weight excluding hydrogens is 347 g/mol. The van der Waals surface area contributed by atoms with Gasteiger partial charge in [-0.2, -0.15) is 13.2 Å². The van der Waals surface area contributed by atoms with Crippen molar-refractivity contribution in [3.63, 3.8) is 0 Å². The van der Waals surface area contributed by atoms with Crippen LogP contribution in [0, 0.1) is 0 Å². The van der Waals surface area contributed by atoms with Gasteiger partial charge in [0.2, 0.25) is 0 Å². The molecule has 2 nitrogen and oxygen atoms in total. The molecule has 0 amide bonds. The van der Waals surface area contributed by atoms with Crippen LogP contribution in [-0.4, -0.2) is 13.2 Å². The highest BCUT2D eigenvalue weighted by molar-refractivity contribution is 9.10. The zero-order valence-electron chi connectivity index (χ0n) is 11.6. The van der Waals surface area contributed by atoms with E-state index in [1.54, 1.807) is 12.3 Å². The Morgan fingerprint density at radius 3 is 2.71 bits per heavy atom. The predicted molar refractivity (Wildman–Crippen MR) is 78.8 cm³/mol. The molecule has 1 heterocycles. The van der Waals surface area contributed by atoms with Crippen LogP contribution in [0.5, 0.6) is 0 Å². The van der Waals surface area contributed by atoms with Crippen molar-refractivity contribution in [1.82, 2.24) is 5.32 Å². The van der Waals surface area contributed by atoms with Gasteiger partial charge in [0.1, 0.15) is 0 Å². The molecule has 0 saturated heterocycles. The van der Waals surface area contributed by atoms with Gasteiger partial charge in [-0.15, -0.1) is 0 Å². The lowest BCUT2D eigenvalue weighted by molar-refractivity contribution is -0.138. The van der Waals surface area contributed by atoms with Crippen molar-refractivity contribution in [2.24, 2.45) is 0 Å². The Labute approximate surface area is 130 Å². The van der Waals surface area contributed by atoms with Crippen molar-refractivity contribution in [1.29, 1.82) is 0 Å². The third kappa shape index (κ3) is 4.01. The topological polar surface area (TPSA) is 21.3 Å². The molecule has 0 aromatic heterocycles. The van der Waals surface area contributed by atoms with E-state index in [2.05, 4.69) is 21.2 Å². The van der Waals surface area contributed by atoms with E-state index in [0.29, 0.717) is 17.6 Å². The minimum Gasteiger partial charge on any atom is -0.501 e. The van der Waals surface area contributed by atoms with Gasteiger partial charge < -0.3 is 10.1 Å². The summed E-state index contributed by atoms with van der Waals surface area (Å²) in [5.41, 5.74) is 0.481. The maximum Gasteiger partial charge on any atom is 0.416 e. The lowest BCUT2D eigenvalue weighted by atomic mass is 9.91. The third-order valence-corrected chi connectivity index (χ3v) is 3.87. The first kappa shape index (κ1) is 16.4. The monoisotopic (exact) mass is 363 g/mol. The molecule has 21 heavy (non-hydrogen) atoms. The first-order valence-electron chi connectivity index (χ1n) is 6.84. The van der Waals surface area contributed by atoms with Gasteiger partial charge in [0.15, 0.2) is 0 Å². The number of hydrogen-bond acceptors (Lipinski definition) is 2. The van der Waals surface area contributed by atoms with E-state index in [4.69, 9.17) is 4.74 Å². The van der Waals surface area contributed by atoms with Crippen molar-refractivity contribution in [3.8, 4) is 0 Å². The van der Waals surface area contributed by atoms with Crippen LogP contribution in [0.2, 0.25) is 0 Å². The van der Waals surface area contributed by atoms with Crippen molar-refractivity contribution in [3.05, 3.63) is 45.6 Å². The van der Waals surface area contributed by atoms with Crippen molar-refractivity contribution >= 4 is 15.9 Å². The van der Waals surface area contributed by atoms with Crippen LogP contribution in [0.25, 0.3) is 0 Å². The maximum atomic E-state index is 13.3. The van der Waals surface area contributed by atoms with E-state index in [1.165, 1.54) is 6.07 Å². The van der Waals surface area contributed by atoms with E-state index in [1.807, 2.05) is 6.92 Å². The molecule has 0 spiro atoms. The van der Waals surface area contributed by atoms with Gasteiger partial charge in [-0.25, -0.2) is 0 Å². The number of ether oxygens (including phenoxy) is 1. The molecule has 1 aromatic carbocycles. The molecule has 0 aliphatic carbocycles. The molecule has 116 valence electrons. The summed E-state index contributed by atoms with van der Waals surface area (Å²) in [6, 6.07) is 3.82. The van der Waals surface area contributed by atoms with E-state index >= 15 is 0 Å². The average Bonchev–Trinajstić information content (AvgIpc) is 2.45. The van der Waals surface area contributed by atoms with Crippen molar-refractivity contribution in [2.45, 2.75) is 32.0 Å². The Hall–Kier alpha value is -1.01. The van der Waals surface area contributed by atoms with Gasteiger partial charge in [0.25, 0.3) is 0 Å². The number of likely N-dealkylation sites (N-methyl/N-ethyl adjacent to an activating group) is 1. The zero-order chi connectivity index (χ0) is 15.5. The van der Waals surface area contributed by atoms with E-state index < -0.39 is 17.8 Å². The molecule has 1 unspecified atom stereocenters. The molecule has 2 rings (SSSR count). The summed E-state index contributed by atoms with van der Waals surface area (Å²) >= 11 is 3.11. The highest BCUT2D eigenvalue weighted by Crippen LogP contribution is 2.39. The normalized spacial score (nSPS) is 17.1. The number of hydrogen-bond donors (Lipinski definition) is 1. The van der Waals surface area contributed by atoms with Crippen LogP contribution in [0.4, 0.5) is 13.2 Å². The molecule has 0 fully saturated rings. The minimum atomic E-state index is -4.39. The standard InChI is InChI=1S/C15H17BrF3NO/c1-2-20-14(10-4-3-7-21-9-10)12-6-5-11(16)8-13(12)15(17,18)19/h5-6,8-9,14,20H,2-4,7H2,1H3. The lowest BCUT2D eigenvalue weighted by Crippen LogP contribution is -2.27. The highest BCUT2D eigenvalue weighted by Gasteiger charge is 2.36. The Balaban J connectivity index is 2.47. The van der Waals surface area contributed by atoms with Crippen molar-refractivity contribution in [2.75, 3.05) is 13.2 Å². The summed E-state index contributed by atoms with van der Waals surface area (Å²) in [5, 5.41) is 3.14. The Morgan fingerprint density at radius 1 is 1.38 bits per heavy atom. The second kappa shape index (κ2) is 6.83. The fraction of sp³-hybridized carbons (Fsp3) is 0.467. The summed E-state index contributed by atoms with van der Waals surface area (Å²) in [6.07, 6.45) is -1.22. The molecular formula is C15H17BrF3NO. The quantitative estimate of drug-likeness (QED) is 0.828. The van der Waals surface area contributed by atoms with Crippen LogP contribution in [0.1, 0.15) is 36.9 Å². The van der Waals surface area contributed by atoms with E-state index in [-0.39, 0.29) is 5.56 Å². The third-order valence-electron chi connectivity index (χ3n) is 3.37.